The van der Waals surface area contributed by atoms with Gasteiger partial charge >= 0.3 is 17.9 Å². The highest BCUT2D eigenvalue weighted by Gasteiger charge is 2.77. The van der Waals surface area contributed by atoms with Gasteiger partial charge in [0.05, 0.1) is 12.5 Å². The second-order valence-electron chi connectivity index (χ2n) is 10.3. The number of rotatable bonds is 3. The lowest BCUT2D eigenvalue weighted by molar-refractivity contribution is -0.195. The fraction of sp³-hybridized carbons (Fsp3) is 0.783. The summed E-state index contributed by atoms with van der Waals surface area (Å²) in [5.41, 5.74) is -1.01. The van der Waals surface area contributed by atoms with E-state index < -0.39 is 33.9 Å². The van der Waals surface area contributed by atoms with Gasteiger partial charge in [0.15, 0.2) is 0 Å². The number of hydrogen-bond acceptors (Lipinski definition) is 6. The predicted molar refractivity (Wildman–Crippen MR) is 105 cm³/mol. The van der Waals surface area contributed by atoms with Crippen molar-refractivity contribution >= 4 is 17.9 Å². The summed E-state index contributed by atoms with van der Waals surface area (Å²) in [6.45, 7) is 9.84. The van der Waals surface area contributed by atoms with E-state index in [1.54, 1.807) is 0 Å². The first kappa shape index (κ1) is 20.4. The smallest absolute Gasteiger partial charge is 0.351 e. The van der Waals surface area contributed by atoms with Gasteiger partial charge in [0.2, 0.25) is 5.60 Å². The highest BCUT2D eigenvalue weighted by molar-refractivity contribution is 5.94. The third-order valence-electron chi connectivity index (χ3n) is 9.15. The fourth-order valence-electron chi connectivity index (χ4n) is 6.46. The van der Waals surface area contributed by atoms with Crippen molar-refractivity contribution < 1.29 is 28.6 Å². The lowest BCUT2D eigenvalue weighted by Crippen LogP contribution is -2.53. The Morgan fingerprint density at radius 1 is 1.03 bits per heavy atom. The van der Waals surface area contributed by atoms with Gasteiger partial charge in [-0.3, -0.25) is 9.59 Å². The fourth-order valence-corrected chi connectivity index (χ4v) is 6.46. The van der Waals surface area contributed by atoms with Crippen LogP contribution in [0.5, 0.6) is 0 Å². The molecule has 0 unspecified atom stereocenters. The predicted octanol–water partition coefficient (Wildman–Crippen LogP) is 3.72. The minimum Gasteiger partial charge on any atom is -0.468 e. The molecule has 0 spiro atoms. The minimum absolute atomic E-state index is 0.0990. The van der Waals surface area contributed by atoms with E-state index in [0.29, 0.717) is 25.7 Å². The molecule has 1 heterocycles. The van der Waals surface area contributed by atoms with E-state index in [2.05, 4.69) is 6.92 Å². The van der Waals surface area contributed by atoms with Gasteiger partial charge in [-0.15, -0.1) is 0 Å². The van der Waals surface area contributed by atoms with E-state index in [1.165, 1.54) is 12.7 Å². The summed E-state index contributed by atoms with van der Waals surface area (Å²) in [6, 6.07) is 0. The standard InChI is InChI=1S/C23H32O6/c1-13-11-15-7-8-16(22(15,12-14(13)2)18(25)27-6)28-19(26)23-10-9-21(5,17(24)29-23)20(23,3)4/h15-16H,7-12H2,1-6H3/t15-,16-,21+,22-,23-/m1/s1. The van der Waals surface area contributed by atoms with Crippen LogP contribution >= 0.6 is 0 Å². The zero-order chi connectivity index (χ0) is 21.4. The molecule has 0 aromatic carbocycles. The number of allylic oxidation sites excluding steroid dienone is 2. The Morgan fingerprint density at radius 2 is 1.72 bits per heavy atom. The summed E-state index contributed by atoms with van der Waals surface area (Å²) < 4.78 is 17.0. The highest BCUT2D eigenvalue weighted by atomic mass is 16.6. The van der Waals surface area contributed by atoms with E-state index in [9.17, 15) is 14.4 Å². The summed E-state index contributed by atoms with van der Waals surface area (Å²) in [5.74, 6) is -1.04. The largest absolute Gasteiger partial charge is 0.468 e. The molecule has 5 atom stereocenters. The van der Waals surface area contributed by atoms with Crippen molar-refractivity contribution in [1.29, 1.82) is 0 Å². The van der Waals surface area contributed by atoms with Gasteiger partial charge < -0.3 is 14.2 Å². The Bertz CT molecular complexity index is 825. The van der Waals surface area contributed by atoms with Crippen LogP contribution in [0.2, 0.25) is 0 Å². The van der Waals surface area contributed by atoms with Crippen molar-refractivity contribution in [3.8, 4) is 0 Å². The van der Waals surface area contributed by atoms with Gasteiger partial charge in [-0.25, -0.2) is 4.79 Å². The first-order valence-electron chi connectivity index (χ1n) is 10.6. The number of carbonyl (C=O) groups is 3. The summed E-state index contributed by atoms with van der Waals surface area (Å²) >= 11 is 0. The van der Waals surface area contributed by atoms with Crippen molar-refractivity contribution in [2.75, 3.05) is 7.11 Å². The van der Waals surface area contributed by atoms with E-state index >= 15 is 0 Å². The molecule has 0 aromatic rings. The molecular weight excluding hydrogens is 372 g/mol. The molecule has 2 bridgehead atoms. The van der Waals surface area contributed by atoms with Crippen LogP contribution in [-0.2, 0) is 28.6 Å². The van der Waals surface area contributed by atoms with Crippen molar-refractivity contribution in [3.05, 3.63) is 11.1 Å². The molecule has 6 heteroatoms. The molecule has 3 fully saturated rings. The van der Waals surface area contributed by atoms with Crippen molar-refractivity contribution in [2.24, 2.45) is 22.2 Å². The average Bonchev–Trinajstić information content (AvgIpc) is 3.16. The van der Waals surface area contributed by atoms with Crippen LogP contribution in [0.4, 0.5) is 0 Å². The molecule has 0 N–H and O–H groups in total. The van der Waals surface area contributed by atoms with Gasteiger partial charge in [-0.2, -0.15) is 0 Å². The van der Waals surface area contributed by atoms with E-state index in [4.69, 9.17) is 14.2 Å². The maximum Gasteiger partial charge on any atom is 0.351 e. The zero-order valence-corrected chi connectivity index (χ0v) is 18.3. The third-order valence-corrected chi connectivity index (χ3v) is 9.15. The molecule has 4 aliphatic rings. The average molecular weight is 405 g/mol. The van der Waals surface area contributed by atoms with Crippen LogP contribution in [0, 0.1) is 22.2 Å². The van der Waals surface area contributed by atoms with Gasteiger partial charge in [0, 0.05) is 5.41 Å². The normalized spacial score (nSPS) is 42.5. The van der Waals surface area contributed by atoms with E-state index in [-0.39, 0.29) is 17.9 Å². The molecule has 3 aliphatic carbocycles. The second-order valence-corrected chi connectivity index (χ2v) is 10.3. The molecule has 0 amide bonds. The van der Waals surface area contributed by atoms with E-state index in [1.807, 2.05) is 27.7 Å². The van der Waals surface area contributed by atoms with Crippen LogP contribution in [0.3, 0.4) is 0 Å². The minimum atomic E-state index is -1.27. The quantitative estimate of drug-likeness (QED) is 0.405. The van der Waals surface area contributed by atoms with Gasteiger partial charge in [0.1, 0.15) is 11.5 Å². The number of ether oxygens (including phenoxy) is 3. The van der Waals surface area contributed by atoms with Crippen LogP contribution in [0.1, 0.15) is 73.1 Å². The SMILES string of the molecule is COC(=O)[C@]12CC(C)=C(C)C[C@H]1CC[C@H]2OC(=O)[C@@]12CC[C@@](C)(C(=O)O1)C2(C)C. The Morgan fingerprint density at radius 3 is 2.28 bits per heavy atom. The number of fused-ring (bicyclic) bond motifs is 3. The van der Waals surface area contributed by atoms with Crippen LogP contribution in [-0.4, -0.2) is 36.7 Å². The Labute approximate surface area is 172 Å². The van der Waals surface area contributed by atoms with Crippen molar-refractivity contribution in [2.45, 2.75) is 84.8 Å². The van der Waals surface area contributed by atoms with Gasteiger partial charge in [-0.1, -0.05) is 25.0 Å². The van der Waals surface area contributed by atoms with Crippen LogP contribution in [0.25, 0.3) is 0 Å². The second kappa shape index (κ2) is 6.08. The molecule has 29 heavy (non-hydrogen) atoms. The summed E-state index contributed by atoms with van der Waals surface area (Å²) in [4.78, 5) is 39.0. The number of methoxy groups -OCH3 is 1. The summed E-state index contributed by atoms with van der Waals surface area (Å²) in [6.07, 6.45) is 3.29. The maximum atomic E-state index is 13.5. The number of carbonyl (C=O) groups excluding carboxylic acids is 3. The van der Waals surface area contributed by atoms with Crippen LogP contribution in [0.15, 0.2) is 11.1 Å². The molecule has 0 aromatic heterocycles. The Hall–Kier alpha value is -1.85. The number of esters is 3. The zero-order valence-electron chi connectivity index (χ0n) is 18.3. The molecular formula is C23H32O6. The Balaban J connectivity index is 1.67. The molecule has 160 valence electrons. The lowest BCUT2D eigenvalue weighted by atomic mass is 9.65. The van der Waals surface area contributed by atoms with Gasteiger partial charge in [-0.05, 0) is 65.2 Å². The molecule has 4 rings (SSSR count). The highest BCUT2D eigenvalue weighted by Crippen LogP contribution is 2.66. The molecule has 6 nitrogen and oxygen atoms in total. The van der Waals surface area contributed by atoms with E-state index in [0.717, 1.165) is 18.4 Å². The maximum absolute atomic E-state index is 13.5. The third kappa shape index (κ3) is 2.26. The first-order valence-corrected chi connectivity index (χ1v) is 10.6. The molecule has 2 saturated carbocycles. The Kier molecular flexibility index (Phi) is 4.28. The summed E-state index contributed by atoms with van der Waals surface area (Å²) in [7, 11) is 1.40. The van der Waals surface area contributed by atoms with Crippen LogP contribution < -0.4 is 0 Å². The number of hydrogen-bond donors (Lipinski definition) is 0. The van der Waals surface area contributed by atoms with Crippen molar-refractivity contribution in [3.63, 3.8) is 0 Å². The molecule has 1 saturated heterocycles. The van der Waals surface area contributed by atoms with Crippen molar-refractivity contribution in [1.82, 2.24) is 0 Å². The topological polar surface area (TPSA) is 78.9 Å². The first-order chi connectivity index (χ1) is 13.5. The molecule has 0 radical (unpaired) electrons. The monoisotopic (exact) mass is 404 g/mol. The molecule has 1 aliphatic heterocycles. The summed E-state index contributed by atoms with van der Waals surface area (Å²) in [5, 5.41) is 0. The lowest BCUT2D eigenvalue weighted by Gasteiger charge is -2.42. The van der Waals surface area contributed by atoms with Gasteiger partial charge in [0.25, 0.3) is 0 Å².